The summed E-state index contributed by atoms with van der Waals surface area (Å²) in [5.41, 5.74) is 7.52. The van der Waals surface area contributed by atoms with E-state index in [1.807, 2.05) is 30.3 Å². The van der Waals surface area contributed by atoms with Crippen LogP contribution in [0.25, 0.3) is 0 Å². The van der Waals surface area contributed by atoms with Crippen LogP contribution in [-0.2, 0) is 36.8 Å². The molecule has 1 aliphatic heterocycles. The number of aromatic hydroxyl groups is 1. The summed E-state index contributed by atoms with van der Waals surface area (Å²) >= 11 is 0. The van der Waals surface area contributed by atoms with Crippen LogP contribution in [0.1, 0.15) is 25.0 Å². The van der Waals surface area contributed by atoms with Crippen molar-refractivity contribution in [3.63, 3.8) is 0 Å². The highest BCUT2D eigenvalue weighted by atomic mass is 16.3. The molecule has 1 saturated heterocycles. The van der Waals surface area contributed by atoms with Crippen LogP contribution >= 0.6 is 0 Å². The van der Waals surface area contributed by atoms with Crippen molar-refractivity contribution in [3.05, 3.63) is 65.7 Å². The van der Waals surface area contributed by atoms with Crippen molar-refractivity contribution in [2.45, 2.75) is 50.9 Å². The van der Waals surface area contributed by atoms with Crippen LogP contribution in [0, 0.1) is 0 Å². The number of amides is 5. The van der Waals surface area contributed by atoms with E-state index in [-0.39, 0.29) is 24.5 Å². The zero-order valence-electron chi connectivity index (χ0n) is 22.6. The van der Waals surface area contributed by atoms with Crippen LogP contribution in [0.4, 0.5) is 0 Å². The van der Waals surface area contributed by atoms with Crippen LogP contribution in [-0.4, -0.2) is 83.3 Å². The van der Waals surface area contributed by atoms with Crippen molar-refractivity contribution >= 4 is 29.5 Å². The van der Waals surface area contributed by atoms with Gasteiger partial charge in [-0.15, -0.1) is 0 Å². The highest BCUT2D eigenvalue weighted by Gasteiger charge is 2.34. The van der Waals surface area contributed by atoms with Crippen LogP contribution in [0.5, 0.6) is 5.75 Å². The van der Waals surface area contributed by atoms with E-state index >= 15 is 0 Å². The quantitative estimate of drug-likeness (QED) is 0.206. The number of nitrogens with one attached hydrogen (secondary N) is 4. The molecule has 7 N–H and O–H groups in total. The summed E-state index contributed by atoms with van der Waals surface area (Å²) in [5, 5.41) is 19.7. The lowest BCUT2D eigenvalue weighted by Crippen LogP contribution is -2.61. The Balaban J connectivity index is 1.54. The van der Waals surface area contributed by atoms with Gasteiger partial charge in [-0.1, -0.05) is 42.5 Å². The molecule has 2 aromatic carbocycles. The largest absolute Gasteiger partial charge is 0.508 e. The van der Waals surface area contributed by atoms with Crippen molar-refractivity contribution < 1.29 is 29.1 Å². The molecule has 1 heterocycles. The zero-order chi connectivity index (χ0) is 29.2. The molecule has 0 bridgehead atoms. The normalized spacial score (nSPS) is 17.1. The van der Waals surface area contributed by atoms with Crippen molar-refractivity contribution in [1.82, 2.24) is 26.2 Å². The Labute approximate surface area is 232 Å². The van der Waals surface area contributed by atoms with E-state index in [4.69, 9.17) is 5.73 Å². The first-order valence-corrected chi connectivity index (χ1v) is 13.1. The van der Waals surface area contributed by atoms with E-state index in [0.717, 1.165) is 11.1 Å². The molecule has 214 valence electrons. The lowest BCUT2D eigenvalue weighted by Gasteiger charge is -2.35. The summed E-state index contributed by atoms with van der Waals surface area (Å²) in [6.07, 6.45) is 0.409. The van der Waals surface area contributed by atoms with Gasteiger partial charge < -0.3 is 37.0 Å². The molecule has 1 fully saturated rings. The Morgan fingerprint density at radius 2 is 1.65 bits per heavy atom. The third-order valence-corrected chi connectivity index (χ3v) is 6.60. The van der Waals surface area contributed by atoms with Gasteiger partial charge in [0.1, 0.15) is 23.9 Å². The minimum absolute atomic E-state index is 0.0975. The molecule has 1 aliphatic rings. The first-order chi connectivity index (χ1) is 19.0. The molecule has 2 aromatic rings. The van der Waals surface area contributed by atoms with Gasteiger partial charge in [-0.2, -0.15) is 0 Å². The van der Waals surface area contributed by atoms with Crippen LogP contribution < -0.4 is 27.0 Å². The van der Waals surface area contributed by atoms with Gasteiger partial charge in [-0.05, 0) is 43.5 Å². The van der Waals surface area contributed by atoms with Crippen LogP contribution in [0.3, 0.4) is 0 Å². The van der Waals surface area contributed by atoms with Crippen molar-refractivity contribution in [2.75, 3.05) is 19.6 Å². The Hall–Kier alpha value is -4.45. The molecular weight excluding hydrogens is 516 g/mol. The summed E-state index contributed by atoms with van der Waals surface area (Å²) in [6, 6.07) is 11.9. The van der Waals surface area contributed by atoms with E-state index in [1.54, 1.807) is 19.1 Å². The minimum Gasteiger partial charge on any atom is -0.508 e. The predicted molar refractivity (Wildman–Crippen MR) is 147 cm³/mol. The second kappa shape index (κ2) is 14.1. The SMILES string of the molecule is C[C@@H](NC(=O)[C@@H](N)Cc1ccc(O)cc1)C(=O)NCC(=O)N[C@@H](Cc1ccccc1)C(=O)N1CCNC(=O)[C@@H]1C. The van der Waals surface area contributed by atoms with Gasteiger partial charge in [0.05, 0.1) is 12.6 Å². The highest BCUT2D eigenvalue weighted by Crippen LogP contribution is 2.12. The van der Waals surface area contributed by atoms with Gasteiger partial charge in [0.2, 0.25) is 29.5 Å². The molecule has 0 spiro atoms. The fourth-order valence-corrected chi connectivity index (χ4v) is 4.26. The first-order valence-electron chi connectivity index (χ1n) is 13.1. The molecule has 3 rings (SSSR count). The van der Waals surface area contributed by atoms with E-state index < -0.39 is 54.3 Å². The molecule has 40 heavy (non-hydrogen) atoms. The summed E-state index contributed by atoms with van der Waals surface area (Å²) in [4.78, 5) is 64.6. The highest BCUT2D eigenvalue weighted by molar-refractivity contribution is 5.95. The Bertz CT molecular complexity index is 1210. The average molecular weight is 553 g/mol. The predicted octanol–water partition coefficient (Wildman–Crippen LogP) is -1.04. The third-order valence-electron chi connectivity index (χ3n) is 6.60. The number of rotatable bonds is 11. The fraction of sp³-hybridized carbons (Fsp3) is 0.393. The number of nitrogens with two attached hydrogens (primary N) is 1. The summed E-state index contributed by atoms with van der Waals surface area (Å²) < 4.78 is 0. The number of hydrogen-bond acceptors (Lipinski definition) is 7. The molecule has 0 aromatic heterocycles. The molecule has 0 radical (unpaired) electrons. The lowest BCUT2D eigenvalue weighted by atomic mass is 10.0. The monoisotopic (exact) mass is 552 g/mol. The van der Waals surface area contributed by atoms with Gasteiger partial charge in [0.25, 0.3) is 0 Å². The number of nitrogens with zero attached hydrogens (tertiary/aromatic N) is 1. The van der Waals surface area contributed by atoms with Crippen LogP contribution in [0.15, 0.2) is 54.6 Å². The smallest absolute Gasteiger partial charge is 0.246 e. The Morgan fingerprint density at radius 3 is 2.33 bits per heavy atom. The number of carbonyl (C=O) groups is 5. The minimum atomic E-state index is -0.972. The van der Waals surface area contributed by atoms with E-state index in [0.29, 0.717) is 13.1 Å². The number of carbonyl (C=O) groups excluding carboxylic acids is 5. The third kappa shape index (κ3) is 8.53. The zero-order valence-corrected chi connectivity index (χ0v) is 22.6. The van der Waals surface area contributed by atoms with Crippen molar-refractivity contribution in [1.29, 1.82) is 0 Å². The van der Waals surface area contributed by atoms with E-state index in [9.17, 15) is 29.1 Å². The van der Waals surface area contributed by atoms with Crippen molar-refractivity contribution in [2.24, 2.45) is 5.73 Å². The molecule has 5 amide bonds. The standard InChI is InChI=1S/C28H36N6O6/c1-17(32-27(39)22(29)14-20-8-10-21(35)11-9-20)25(37)31-16-24(36)33-23(15-19-6-4-3-5-7-19)28(40)34-13-12-30-26(38)18(34)2/h3-11,17-18,22-23,35H,12-16,29H2,1-2H3,(H,30,38)(H,31,37)(H,32,39)(H,33,36)/t17-,18+,22+,23+/m1/s1. The number of phenolic OH excluding ortho intramolecular Hbond substituents is 1. The summed E-state index contributed by atoms with van der Waals surface area (Å²) in [7, 11) is 0. The molecular formula is C28H36N6O6. The number of phenols is 1. The molecule has 12 heteroatoms. The molecule has 4 atom stereocenters. The Kier molecular flexibility index (Phi) is 10.6. The first kappa shape index (κ1) is 30.1. The number of hydrogen-bond donors (Lipinski definition) is 6. The van der Waals surface area contributed by atoms with E-state index in [1.165, 1.54) is 24.0 Å². The Morgan fingerprint density at radius 1 is 1.00 bits per heavy atom. The maximum absolute atomic E-state index is 13.3. The van der Waals surface area contributed by atoms with E-state index in [2.05, 4.69) is 21.3 Å². The fourth-order valence-electron chi connectivity index (χ4n) is 4.26. The molecule has 0 aliphatic carbocycles. The molecule has 12 nitrogen and oxygen atoms in total. The van der Waals surface area contributed by atoms with Gasteiger partial charge in [0.15, 0.2) is 0 Å². The van der Waals surface area contributed by atoms with Gasteiger partial charge in [-0.25, -0.2) is 0 Å². The summed E-state index contributed by atoms with van der Waals surface area (Å²) in [5.74, 6) is -2.31. The maximum atomic E-state index is 13.3. The maximum Gasteiger partial charge on any atom is 0.246 e. The van der Waals surface area contributed by atoms with Gasteiger partial charge >= 0.3 is 0 Å². The number of benzene rings is 2. The lowest BCUT2D eigenvalue weighted by molar-refractivity contribution is -0.145. The topological polar surface area (TPSA) is 183 Å². The molecule has 0 saturated carbocycles. The average Bonchev–Trinajstić information content (AvgIpc) is 2.94. The van der Waals surface area contributed by atoms with Crippen molar-refractivity contribution in [3.8, 4) is 5.75 Å². The summed E-state index contributed by atoms with van der Waals surface area (Å²) in [6.45, 7) is 3.30. The van der Waals surface area contributed by atoms with Gasteiger partial charge in [-0.3, -0.25) is 24.0 Å². The second-order valence-corrected chi connectivity index (χ2v) is 9.73. The molecule has 0 unspecified atom stereocenters. The second-order valence-electron chi connectivity index (χ2n) is 9.73. The van der Waals surface area contributed by atoms with Gasteiger partial charge in [0, 0.05) is 19.5 Å². The number of piperazine rings is 1. The van der Waals surface area contributed by atoms with Crippen LogP contribution in [0.2, 0.25) is 0 Å².